The topological polar surface area (TPSA) is 75.7 Å². The normalized spacial score (nSPS) is 11.8. The zero-order valence-corrected chi connectivity index (χ0v) is 22.5. The Kier molecular flexibility index (Phi) is 8.79. The van der Waals surface area contributed by atoms with Gasteiger partial charge >= 0.3 is 0 Å². The standard InChI is InChI=1S/C29H36N2O4S/c1-22(2)23-11-15-25(16-12-23)31(36(33,34)27-9-7-6-8-10-27)21-28(32)30-19-20-35-26-17-13-24(14-18-26)29(3,4)5/h6-18,22H,19-21H2,1-5H3,(H,30,32). The van der Waals surface area contributed by atoms with E-state index in [1.54, 1.807) is 30.3 Å². The molecule has 0 saturated heterocycles. The Morgan fingerprint density at radius 3 is 2.08 bits per heavy atom. The van der Waals surface area contributed by atoms with E-state index < -0.39 is 15.9 Å². The zero-order chi connectivity index (χ0) is 26.3. The van der Waals surface area contributed by atoms with Crippen molar-refractivity contribution in [3.63, 3.8) is 0 Å². The first-order valence-corrected chi connectivity index (χ1v) is 13.6. The Balaban J connectivity index is 1.66. The Labute approximate surface area is 215 Å². The Morgan fingerprint density at radius 2 is 1.53 bits per heavy atom. The number of benzene rings is 3. The van der Waals surface area contributed by atoms with E-state index in [4.69, 9.17) is 4.74 Å². The highest BCUT2D eigenvalue weighted by Crippen LogP contribution is 2.26. The maximum absolute atomic E-state index is 13.4. The van der Waals surface area contributed by atoms with Gasteiger partial charge in [0.15, 0.2) is 0 Å². The molecule has 192 valence electrons. The second-order valence-corrected chi connectivity index (χ2v) is 11.9. The van der Waals surface area contributed by atoms with Gasteiger partial charge in [0.05, 0.1) is 17.1 Å². The zero-order valence-electron chi connectivity index (χ0n) is 21.7. The van der Waals surface area contributed by atoms with Gasteiger partial charge in [0.1, 0.15) is 18.9 Å². The van der Waals surface area contributed by atoms with Gasteiger partial charge in [-0.05, 0) is 58.9 Å². The van der Waals surface area contributed by atoms with Crippen LogP contribution in [0.1, 0.15) is 51.7 Å². The number of hydrogen-bond donors (Lipinski definition) is 1. The van der Waals surface area contributed by atoms with E-state index in [1.807, 2.05) is 36.4 Å². The first-order valence-electron chi connectivity index (χ1n) is 12.2. The third-order valence-electron chi connectivity index (χ3n) is 5.88. The summed E-state index contributed by atoms with van der Waals surface area (Å²) in [6, 6.07) is 23.3. The molecular formula is C29H36N2O4S. The fourth-order valence-corrected chi connectivity index (χ4v) is 5.10. The molecule has 0 saturated carbocycles. The van der Waals surface area contributed by atoms with Crippen LogP contribution >= 0.6 is 0 Å². The number of rotatable bonds is 10. The van der Waals surface area contributed by atoms with E-state index in [0.29, 0.717) is 11.6 Å². The molecule has 0 spiro atoms. The number of sulfonamides is 1. The van der Waals surface area contributed by atoms with Crippen molar-refractivity contribution >= 4 is 21.6 Å². The minimum Gasteiger partial charge on any atom is -0.492 e. The summed E-state index contributed by atoms with van der Waals surface area (Å²) in [4.78, 5) is 12.9. The van der Waals surface area contributed by atoms with Crippen LogP contribution in [0.3, 0.4) is 0 Å². The summed E-state index contributed by atoms with van der Waals surface area (Å²) >= 11 is 0. The van der Waals surface area contributed by atoms with Gasteiger partial charge in [-0.3, -0.25) is 9.10 Å². The number of carbonyl (C=O) groups is 1. The fraction of sp³-hybridized carbons (Fsp3) is 0.345. The van der Waals surface area contributed by atoms with Crippen LogP contribution in [0.4, 0.5) is 5.69 Å². The molecule has 1 amide bonds. The predicted octanol–water partition coefficient (Wildman–Crippen LogP) is 5.50. The Bertz CT molecular complexity index is 1230. The SMILES string of the molecule is CC(C)c1ccc(N(CC(=O)NCCOc2ccc(C(C)(C)C)cc2)S(=O)(=O)c2ccccc2)cc1. The lowest BCUT2D eigenvalue weighted by Crippen LogP contribution is -2.41. The van der Waals surface area contributed by atoms with Crippen LogP contribution in [0.5, 0.6) is 5.75 Å². The lowest BCUT2D eigenvalue weighted by Gasteiger charge is -2.24. The monoisotopic (exact) mass is 508 g/mol. The van der Waals surface area contributed by atoms with Crippen molar-refractivity contribution in [1.82, 2.24) is 5.32 Å². The highest BCUT2D eigenvalue weighted by molar-refractivity contribution is 7.92. The van der Waals surface area contributed by atoms with Crippen LogP contribution in [0.15, 0.2) is 83.8 Å². The largest absolute Gasteiger partial charge is 0.492 e. The van der Waals surface area contributed by atoms with Crippen molar-refractivity contribution < 1.29 is 17.9 Å². The third-order valence-corrected chi connectivity index (χ3v) is 7.67. The third kappa shape index (κ3) is 7.10. The maximum atomic E-state index is 13.4. The minimum absolute atomic E-state index is 0.0631. The summed E-state index contributed by atoms with van der Waals surface area (Å²) in [5.41, 5.74) is 2.80. The summed E-state index contributed by atoms with van der Waals surface area (Å²) in [7, 11) is -3.93. The van der Waals surface area contributed by atoms with Crippen molar-refractivity contribution in [2.45, 2.75) is 50.8 Å². The molecule has 6 nitrogen and oxygen atoms in total. The number of nitrogens with zero attached hydrogens (tertiary/aromatic N) is 1. The molecule has 0 bridgehead atoms. The second kappa shape index (κ2) is 11.6. The number of anilines is 1. The summed E-state index contributed by atoms with van der Waals surface area (Å²) in [5, 5.41) is 2.77. The predicted molar refractivity (Wildman–Crippen MR) is 145 cm³/mol. The molecule has 36 heavy (non-hydrogen) atoms. The molecule has 1 N–H and O–H groups in total. The summed E-state index contributed by atoms with van der Waals surface area (Å²) in [5.74, 6) is 0.621. The Hall–Kier alpha value is -3.32. The van der Waals surface area contributed by atoms with Gasteiger partial charge in [0, 0.05) is 0 Å². The lowest BCUT2D eigenvalue weighted by molar-refractivity contribution is -0.119. The number of carbonyl (C=O) groups excluding carboxylic acids is 1. The number of amides is 1. The average Bonchev–Trinajstić information content (AvgIpc) is 2.85. The van der Waals surface area contributed by atoms with Crippen LogP contribution in [0.2, 0.25) is 0 Å². The van der Waals surface area contributed by atoms with E-state index in [0.717, 1.165) is 15.6 Å². The molecule has 0 heterocycles. The van der Waals surface area contributed by atoms with E-state index in [9.17, 15) is 13.2 Å². The van der Waals surface area contributed by atoms with Gasteiger partial charge in [-0.25, -0.2) is 8.42 Å². The van der Waals surface area contributed by atoms with Gasteiger partial charge in [-0.1, -0.05) is 77.1 Å². The van der Waals surface area contributed by atoms with Gasteiger partial charge in [0.2, 0.25) is 5.91 Å². The molecule has 3 rings (SSSR count). The minimum atomic E-state index is -3.93. The van der Waals surface area contributed by atoms with Crippen LogP contribution in [-0.2, 0) is 20.2 Å². The molecular weight excluding hydrogens is 472 g/mol. The van der Waals surface area contributed by atoms with E-state index in [1.165, 1.54) is 17.7 Å². The molecule has 0 aliphatic heterocycles. The first kappa shape index (κ1) is 27.3. The maximum Gasteiger partial charge on any atom is 0.264 e. The van der Waals surface area contributed by atoms with Gasteiger partial charge in [0.25, 0.3) is 10.0 Å². The first-order chi connectivity index (χ1) is 17.0. The molecule has 0 atom stereocenters. The smallest absolute Gasteiger partial charge is 0.264 e. The lowest BCUT2D eigenvalue weighted by atomic mass is 9.87. The van der Waals surface area contributed by atoms with Crippen LogP contribution in [-0.4, -0.2) is 34.0 Å². The van der Waals surface area contributed by atoms with Crippen molar-refractivity contribution in [2.75, 3.05) is 24.0 Å². The van der Waals surface area contributed by atoms with Crippen LogP contribution < -0.4 is 14.4 Å². The average molecular weight is 509 g/mol. The van der Waals surface area contributed by atoms with Gasteiger partial charge < -0.3 is 10.1 Å². The molecule has 0 aliphatic rings. The van der Waals surface area contributed by atoms with Crippen molar-refractivity contribution in [3.05, 3.63) is 90.0 Å². The van der Waals surface area contributed by atoms with Crippen LogP contribution in [0.25, 0.3) is 0 Å². The second-order valence-electron chi connectivity index (χ2n) is 10.0. The van der Waals surface area contributed by atoms with E-state index in [2.05, 4.69) is 39.9 Å². The van der Waals surface area contributed by atoms with E-state index >= 15 is 0 Å². The highest BCUT2D eigenvalue weighted by atomic mass is 32.2. The highest BCUT2D eigenvalue weighted by Gasteiger charge is 2.27. The quantitative estimate of drug-likeness (QED) is 0.367. The Morgan fingerprint density at radius 1 is 0.917 bits per heavy atom. The van der Waals surface area contributed by atoms with Gasteiger partial charge in [-0.15, -0.1) is 0 Å². The molecule has 0 radical (unpaired) electrons. The molecule has 0 fully saturated rings. The van der Waals surface area contributed by atoms with Crippen molar-refractivity contribution in [1.29, 1.82) is 0 Å². The molecule has 3 aromatic carbocycles. The number of nitrogens with one attached hydrogen (secondary N) is 1. The molecule has 7 heteroatoms. The summed E-state index contributed by atoms with van der Waals surface area (Å²) in [6.45, 7) is 10.8. The molecule has 0 unspecified atom stereocenters. The fourth-order valence-electron chi connectivity index (χ4n) is 3.66. The summed E-state index contributed by atoms with van der Waals surface area (Å²) < 4.78 is 33.7. The number of hydrogen-bond acceptors (Lipinski definition) is 4. The number of ether oxygens (including phenoxy) is 1. The van der Waals surface area contributed by atoms with Gasteiger partial charge in [-0.2, -0.15) is 0 Å². The molecule has 0 aromatic heterocycles. The van der Waals surface area contributed by atoms with Crippen molar-refractivity contribution in [2.24, 2.45) is 0 Å². The van der Waals surface area contributed by atoms with E-state index in [-0.39, 0.29) is 30.0 Å². The van der Waals surface area contributed by atoms with Crippen LogP contribution in [0, 0.1) is 0 Å². The summed E-state index contributed by atoms with van der Waals surface area (Å²) in [6.07, 6.45) is 0. The van der Waals surface area contributed by atoms with Crippen molar-refractivity contribution in [3.8, 4) is 5.75 Å². The molecule has 3 aromatic rings. The molecule has 0 aliphatic carbocycles.